The molecule has 1 unspecified atom stereocenters. The molecule has 5 heteroatoms. The minimum atomic E-state index is -0.180. The van der Waals surface area contributed by atoms with Crippen LogP contribution in [0.25, 0.3) is 0 Å². The van der Waals surface area contributed by atoms with E-state index in [0.29, 0.717) is 22.8 Å². The van der Waals surface area contributed by atoms with Crippen molar-refractivity contribution in [3.8, 4) is 0 Å². The van der Waals surface area contributed by atoms with Crippen LogP contribution in [0, 0.1) is 11.1 Å². The molecular formula is C17H21N3O2. The van der Waals surface area contributed by atoms with E-state index in [1.807, 2.05) is 30.3 Å². The van der Waals surface area contributed by atoms with Crippen LogP contribution in [0.4, 0.5) is 5.69 Å². The second kappa shape index (κ2) is 7.45. The number of carbonyl (C=O) groups is 1. The monoisotopic (exact) mass is 299 g/mol. The van der Waals surface area contributed by atoms with Gasteiger partial charge in [0.25, 0.3) is 5.91 Å². The predicted octanol–water partition coefficient (Wildman–Crippen LogP) is 2.19. The topological polar surface area (TPSA) is 68.1 Å². The van der Waals surface area contributed by atoms with E-state index in [-0.39, 0.29) is 11.9 Å². The molecule has 0 fully saturated rings. The quantitative estimate of drug-likeness (QED) is 0.634. The molecule has 116 valence electrons. The number of aromatic nitrogens is 1. The Morgan fingerprint density at radius 3 is 2.36 bits per heavy atom. The van der Waals surface area contributed by atoms with Crippen LogP contribution in [-0.4, -0.2) is 18.5 Å². The maximum absolute atomic E-state index is 12.1. The molecular weight excluding hydrogens is 278 g/mol. The molecule has 1 aromatic heterocycles. The number of carbonyl (C=O) groups excluding carboxylic acids is 1. The third-order valence-electron chi connectivity index (χ3n) is 3.48. The van der Waals surface area contributed by atoms with Crippen LogP contribution in [0.3, 0.4) is 0 Å². The van der Waals surface area contributed by atoms with Crippen LogP contribution >= 0.6 is 0 Å². The fourth-order valence-electron chi connectivity index (χ4n) is 2.07. The number of para-hydroxylation sites is 1. The third-order valence-corrected chi connectivity index (χ3v) is 3.48. The molecule has 2 aromatic rings. The summed E-state index contributed by atoms with van der Waals surface area (Å²) < 4.78 is 0.657. The zero-order valence-electron chi connectivity index (χ0n) is 12.8. The number of amides is 1. The number of nitrogens with zero attached hydrogens (tertiary/aromatic N) is 1. The number of hydrogen-bond donors (Lipinski definition) is 2. The van der Waals surface area contributed by atoms with E-state index >= 15 is 0 Å². The standard InChI is InChI=1S/C17H21N3O2/c1-13(2)16(19-15-6-4-3-5-7-15)12-18-17(21)14-8-10-20(22)11-9-14/h3-11,13,16,19H,12H2,1-2H3,(H,18,21). The average Bonchev–Trinajstić information content (AvgIpc) is 2.52. The van der Waals surface area contributed by atoms with E-state index < -0.39 is 0 Å². The van der Waals surface area contributed by atoms with Crippen LogP contribution in [-0.2, 0) is 0 Å². The molecule has 5 nitrogen and oxygen atoms in total. The predicted molar refractivity (Wildman–Crippen MR) is 86.4 cm³/mol. The number of benzene rings is 1. The van der Waals surface area contributed by atoms with E-state index in [2.05, 4.69) is 24.5 Å². The zero-order chi connectivity index (χ0) is 15.9. The molecule has 0 aliphatic carbocycles. The highest BCUT2D eigenvalue weighted by atomic mass is 16.5. The Labute approximate surface area is 130 Å². The number of pyridine rings is 1. The van der Waals surface area contributed by atoms with Gasteiger partial charge in [0.15, 0.2) is 12.4 Å². The summed E-state index contributed by atoms with van der Waals surface area (Å²) in [6.45, 7) is 4.73. The Morgan fingerprint density at radius 2 is 1.77 bits per heavy atom. The lowest BCUT2D eigenvalue weighted by Gasteiger charge is -2.24. The van der Waals surface area contributed by atoms with Crippen molar-refractivity contribution in [1.29, 1.82) is 0 Å². The van der Waals surface area contributed by atoms with Crippen LogP contribution in [0.15, 0.2) is 54.9 Å². The van der Waals surface area contributed by atoms with Gasteiger partial charge in [-0.15, -0.1) is 0 Å². The van der Waals surface area contributed by atoms with Crippen molar-refractivity contribution in [2.45, 2.75) is 19.9 Å². The first-order chi connectivity index (χ1) is 10.6. The summed E-state index contributed by atoms with van der Waals surface area (Å²) in [5.74, 6) is 0.182. The summed E-state index contributed by atoms with van der Waals surface area (Å²) in [5.41, 5.74) is 1.51. The fraction of sp³-hybridized carbons (Fsp3) is 0.294. The van der Waals surface area contributed by atoms with E-state index in [0.717, 1.165) is 5.69 Å². The number of hydrogen-bond acceptors (Lipinski definition) is 3. The molecule has 2 rings (SSSR count). The first-order valence-corrected chi connectivity index (χ1v) is 7.35. The summed E-state index contributed by atoms with van der Waals surface area (Å²) in [6, 6.07) is 13.1. The SMILES string of the molecule is CC(C)C(CNC(=O)c1cc[n+]([O-])cc1)Nc1ccccc1. The van der Waals surface area contributed by atoms with Crippen LogP contribution in [0.1, 0.15) is 24.2 Å². The highest BCUT2D eigenvalue weighted by Gasteiger charge is 2.15. The molecule has 0 saturated carbocycles. The second-order valence-corrected chi connectivity index (χ2v) is 5.52. The molecule has 0 spiro atoms. The van der Waals surface area contributed by atoms with E-state index in [1.165, 1.54) is 24.5 Å². The molecule has 1 heterocycles. The molecule has 0 aliphatic rings. The van der Waals surface area contributed by atoms with Gasteiger partial charge in [0.1, 0.15) is 0 Å². The lowest BCUT2D eigenvalue weighted by atomic mass is 10.0. The van der Waals surface area contributed by atoms with Gasteiger partial charge in [-0.25, -0.2) is 0 Å². The Kier molecular flexibility index (Phi) is 5.36. The summed E-state index contributed by atoms with van der Waals surface area (Å²) in [7, 11) is 0. The molecule has 1 atom stereocenters. The maximum Gasteiger partial charge on any atom is 0.251 e. The third kappa shape index (κ3) is 4.48. The minimum absolute atomic E-state index is 0.125. The first kappa shape index (κ1) is 15.8. The van der Waals surface area contributed by atoms with Gasteiger partial charge in [-0.1, -0.05) is 32.0 Å². The molecule has 1 aromatic carbocycles. The van der Waals surface area contributed by atoms with Gasteiger partial charge in [0.2, 0.25) is 0 Å². The molecule has 0 radical (unpaired) electrons. The summed E-state index contributed by atoms with van der Waals surface area (Å²) in [5, 5.41) is 17.3. The largest absolute Gasteiger partial charge is 0.619 e. The highest BCUT2D eigenvalue weighted by Crippen LogP contribution is 2.12. The van der Waals surface area contributed by atoms with Gasteiger partial charge in [-0.2, -0.15) is 4.73 Å². The second-order valence-electron chi connectivity index (χ2n) is 5.52. The summed E-state index contributed by atoms with van der Waals surface area (Å²) >= 11 is 0. The number of anilines is 1. The van der Waals surface area contributed by atoms with Gasteiger partial charge in [0.05, 0.1) is 5.56 Å². The number of nitrogens with one attached hydrogen (secondary N) is 2. The average molecular weight is 299 g/mol. The van der Waals surface area contributed by atoms with Gasteiger partial charge >= 0.3 is 0 Å². The van der Waals surface area contributed by atoms with Gasteiger partial charge in [0, 0.05) is 30.4 Å². The fourth-order valence-corrected chi connectivity index (χ4v) is 2.07. The minimum Gasteiger partial charge on any atom is -0.619 e. The lowest BCUT2D eigenvalue weighted by Crippen LogP contribution is -2.39. The van der Waals surface area contributed by atoms with Gasteiger partial charge < -0.3 is 15.8 Å². The summed E-state index contributed by atoms with van der Waals surface area (Å²) in [4.78, 5) is 12.1. The number of rotatable bonds is 6. The van der Waals surface area contributed by atoms with Crippen molar-refractivity contribution in [3.63, 3.8) is 0 Å². The van der Waals surface area contributed by atoms with E-state index in [4.69, 9.17) is 0 Å². The highest BCUT2D eigenvalue weighted by molar-refractivity contribution is 5.93. The first-order valence-electron chi connectivity index (χ1n) is 7.35. The Bertz CT molecular complexity index is 597. The molecule has 1 amide bonds. The smallest absolute Gasteiger partial charge is 0.251 e. The molecule has 0 saturated heterocycles. The van der Waals surface area contributed by atoms with E-state index in [9.17, 15) is 10.0 Å². The molecule has 0 aliphatic heterocycles. The van der Waals surface area contributed by atoms with Crippen LogP contribution < -0.4 is 15.4 Å². The molecule has 2 N–H and O–H groups in total. The van der Waals surface area contributed by atoms with Crippen LogP contribution in [0.2, 0.25) is 0 Å². The zero-order valence-corrected chi connectivity index (χ0v) is 12.8. The maximum atomic E-state index is 12.1. The van der Waals surface area contributed by atoms with Crippen molar-refractivity contribution in [2.24, 2.45) is 5.92 Å². The van der Waals surface area contributed by atoms with Crippen molar-refractivity contribution in [2.75, 3.05) is 11.9 Å². The Hall–Kier alpha value is -2.56. The molecule has 0 bridgehead atoms. The van der Waals surface area contributed by atoms with Crippen molar-refractivity contribution >= 4 is 11.6 Å². The van der Waals surface area contributed by atoms with Gasteiger partial charge in [-0.3, -0.25) is 4.79 Å². The van der Waals surface area contributed by atoms with Crippen LogP contribution in [0.5, 0.6) is 0 Å². The molecule has 22 heavy (non-hydrogen) atoms. The summed E-state index contributed by atoms with van der Waals surface area (Å²) in [6.07, 6.45) is 2.63. The van der Waals surface area contributed by atoms with Crippen molar-refractivity contribution in [3.05, 3.63) is 65.6 Å². The van der Waals surface area contributed by atoms with Crippen molar-refractivity contribution < 1.29 is 9.52 Å². The van der Waals surface area contributed by atoms with Gasteiger partial charge in [-0.05, 0) is 18.1 Å². The van der Waals surface area contributed by atoms with Crippen molar-refractivity contribution in [1.82, 2.24) is 5.32 Å². The Morgan fingerprint density at radius 1 is 1.14 bits per heavy atom. The Balaban J connectivity index is 1.94. The van der Waals surface area contributed by atoms with E-state index in [1.54, 1.807) is 0 Å². The normalized spacial score (nSPS) is 12.0. The lowest BCUT2D eigenvalue weighted by molar-refractivity contribution is -0.605.